The molecule has 0 fully saturated rings. The number of aromatic nitrogens is 1. The molecule has 1 aliphatic rings. The van der Waals surface area contributed by atoms with E-state index in [4.69, 9.17) is 25.8 Å². The zero-order chi connectivity index (χ0) is 22.0. The Labute approximate surface area is 187 Å². The second-order valence-corrected chi connectivity index (χ2v) is 8.27. The SMILES string of the molecule is Cc1nc(-c2ccc(Cl)cc2)sc1C(=O)OC(C)C(=O)Nc1ccc2c(c1)OCCO2. The number of rotatable bonds is 5. The van der Waals surface area contributed by atoms with E-state index in [2.05, 4.69) is 10.3 Å². The third-order valence-electron chi connectivity index (χ3n) is 4.54. The number of carbonyl (C=O) groups excluding carboxylic acids is 2. The van der Waals surface area contributed by atoms with Crippen LogP contribution in [0.4, 0.5) is 5.69 Å². The van der Waals surface area contributed by atoms with E-state index >= 15 is 0 Å². The van der Waals surface area contributed by atoms with Crippen LogP contribution in [0.1, 0.15) is 22.3 Å². The molecule has 1 aromatic heterocycles. The average Bonchev–Trinajstić information content (AvgIpc) is 3.15. The number of hydrogen-bond donors (Lipinski definition) is 1. The van der Waals surface area contributed by atoms with Gasteiger partial charge in [0.25, 0.3) is 5.91 Å². The van der Waals surface area contributed by atoms with Crippen LogP contribution in [0.25, 0.3) is 10.6 Å². The van der Waals surface area contributed by atoms with Gasteiger partial charge in [-0.2, -0.15) is 0 Å². The number of aryl methyl sites for hydroxylation is 1. The fourth-order valence-corrected chi connectivity index (χ4v) is 4.01. The fourth-order valence-electron chi connectivity index (χ4n) is 2.93. The normalized spacial score (nSPS) is 13.4. The van der Waals surface area contributed by atoms with Crippen LogP contribution in [0.2, 0.25) is 5.02 Å². The van der Waals surface area contributed by atoms with Gasteiger partial charge in [0.15, 0.2) is 17.6 Å². The summed E-state index contributed by atoms with van der Waals surface area (Å²) in [6.45, 7) is 4.18. The molecule has 0 radical (unpaired) electrons. The first-order valence-corrected chi connectivity index (χ1v) is 10.7. The van der Waals surface area contributed by atoms with Gasteiger partial charge in [-0.25, -0.2) is 9.78 Å². The number of nitrogens with one attached hydrogen (secondary N) is 1. The van der Waals surface area contributed by atoms with Crippen molar-refractivity contribution in [3.05, 3.63) is 58.1 Å². The lowest BCUT2D eigenvalue weighted by molar-refractivity contribution is -0.123. The van der Waals surface area contributed by atoms with Gasteiger partial charge in [-0.3, -0.25) is 4.79 Å². The lowest BCUT2D eigenvalue weighted by atomic mass is 10.2. The molecule has 31 heavy (non-hydrogen) atoms. The summed E-state index contributed by atoms with van der Waals surface area (Å²) in [5.74, 6) is 0.134. The van der Waals surface area contributed by atoms with E-state index in [1.165, 1.54) is 18.3 Å². The van der Waals surface area contributed by atoms with Crippen LogP contribution in [0.3, 0.4) is 0 Å². The maximum atomic E-state index is 12.6. The van der Waals surface area contributed by atoms with E-state index in [1.54, 1.807) is 37.3 Å². The molecule has 3 aromatic rings. The van der Waals surface area contributed by atoms with Gasteiger partial charge in [-0.1, -0.05) is 23.7 Å². The summed E-state index contributed by atoms with van der Waals surface area (Å²) in [5, 5.41) is 4.02. The highest BCUT2D eigenvalue weighted by Crippen LogP contribution is 2.33. The van der Waals surface area contributed by atoms with Gasteiger partial charge in [0.2, 0.25) is 0 Å². The molecule has 1 amide bonds. The lowest BCUT2D eigenvalue weighted by Gasteiger charge is -2.19. The van der Waals surface area contributed by atoms with E-state index in [1.807, 2.05) is 12.1 Å². The number of hydrogen-bond acceptors (Lipinski definition) is 7. The fraction of sp³-hybridized carbons (Fsp3) is 0.227. The van der Waals surface area contributed by atoms with Crippen molar-refractivity contribution in [2.24, 2.45) is 0 Å². The Bertz CT molecular complexity index is 1130. The Balaban J connectivity index is 1.41. The second kappa shape index (κ2) is 8.95. The molecular weight excluding hydrogens is 440 g/mol. The molecule has 1 unspecified atom stereocenters. The number of esters is 1. The number of ether oxygens (including phenoxy) is 3. The van der Waals surface area contributed by atoms with Crippen molar-refractivity contribution < 1.29 is 23.8 Å². The van der Waals surface area contributed by atoms with E-state index in [0.29, 0.717) is 51.0 Å². The number of thiazole rings is 1. The molecule has 2 heterocycles. The molecule has 7 nitrogen and oxygen atoms in total. The van der Waals surface area contributed by atoms with Gasteiger partial charge in [0, 0.05) is 22.3 Å². The smallest absolute Gasteiger partial charge is 0.351 e. The van der Waals surface area contributed by atoms with Gasteiger partial charge in [-0.05, 0) is 38.1 Å². The Morgan fingerprint density at radius 3 is 2.58 bits per heavy atom. The predicted octanol–water partition coefficient (Wildman–Crippen LogP) is 4.73. The van der Waals surface area contributed by atoms with E-state index < -0.39 is 18.0 Å². The van der Waals surface area contributed by atoms with Crippen molar-refractivity contribution in [3.8, 4) is 22.1 Å². The maximum absolute atomic E-state index is 12.6. The number of carbonyl (C=O) groups is 2. The second-order valence-electron chi connectivity index (χ2n) is 6.84. The summed E-state index contributed by atoms with van der Waals surface area (Å²) in [4.78, 5) is 29.9. The first-order chi connectivity index (χ1) is 14.9. The number of amides is 1. The van der Waals surface area contributed by atoms with Crippen LogP contribution in [-0.2, 0) is 9.53 Å². The van der Waals surface area contributed by atoms with Crippen molar-refractivity contribution >= 4 is 40.5 Å². The molecule has 9 heteroatoms. The van der Waals surface area contributed by atoms with Crippen molar-refractivity contribution in [1.82, 2.24) is 4.98 Å². The highest BCUT2D eigenvalue weighted by atomic mass is 35.5. The number of anilines is 1. The molecule has 0 aliphatic carbocycles. The minimum Gasteiger partial charge on any atom is -0.486 e. The minimum atomic E-state index is -0.999. The standard InChI is InChI=1S/C22H19ClN2O5S/c1-12-19(31-21(24-12)14-3-5-15(23)6-4-14)22(27)30-13(2)20(26)25-16-7-8-17-18(11-16)29-10-9-28-17/h3-8,11,13H,9-10H2,1-2H3,(H,25,26). The Morgan fingerprint density at radius 2 is 1.84 bits per heavy atom. The first-order valence-electron chi connectivity index (χ1n) is 9.55. The van der Waals surface area contributed by atoms with Gasteiger partial charge < -0.3 is 19.5 Å². The van der Waals surface area contributed by atoms with E-state index in [9.17, 15) is 9.59 Å². The molecular formula is C22H19ClN2O5S. The molecule has 4 rings (SSSR count). The van der Waals surface area contributed by atoms with Crippen LogP contribution < -0.4 is 14.8 Å². The number of nitrogens with zero attached hydrogens (tertiary/aromatic N) is 1. The molecule has 2 aromatic carbocycles. The maximum Gasteiger partial charge on any atom is 0.351 e. The molecule has 160 valence electrons. The van der Waals surface area contributed by atoms with Crippen molar-refractivity contribution in [3.63, 3.8) is 0 Å². The molecule has 0 saturated heterocycles. The quantitative estimate of drug-likeness (QED) is 0.556. The summed E-state index contributed by atoms with van der Waals surface area (Å²) >= 11 is 7.13. The summed E-state index contributed by atoms with van der Waals surface area (Å²) < 4.78 is 16.4. The van der Waals surface area contributed by atoms with Gasteiger partial charge in [-0.15, -0.1) is 11.3 Å². The summed E-state index contributed by atoms with van der Waals surface area (Å²) in [6.07, 6.45) is -0.999. The molecule has 0 saturated carbocycles. The van der Waals surface area contributed by atoms with Crippen LogP contribution in [0, 0.1) is 6.92 Å². The lowest BCUT2D eigenvalue weighted by Crippen LogP contribution is -2.30. The van der Waals surface area contributed by atoms with E-state index in [0.717, 1.165) is 5.56 Å². The topological polar surface area (TPSA) is 86.8 Å². The Morgan fingerprint density at radius 1 is 1.13 bits per heavy atom. The number of halogens is 1. The van der Waals surface area contributed by atoms with Crippen LogP contribution in [0.5, 0.6) is 11.5 Å². The first kappa shape index (κ1) is 21.1. The Kier molecular flexibility index (Phi) is 6.11. The zero-order valence-electron chi connectivity index (χ0n) is 16.8. The van der Waals surface area contributed by atoms with Crippen LogP contribution in [-0.4, -0.2) is 36.2 Å². The Hall–Kier alpha value is -3.10. The summed E-state index contributed by atoms with van der Waals surface area (Å²) in [5.41, 5.74) is 1.91. The third-order valence-corrected chi connectivity index (χ3v) is 5.97. The average molecular weight is 459 g/mol. The van der Waals surface area contributed by atoms with Crippen LogP contribution in [0.15, 0.2) is 42.5 Å². The molecule has 1 atom stereocenters. The van der Waals surface area contributed by atoms with Crippen molar-refractivity contribution in [2.75, 3.05) is 18.5 Å². The van der Waals surface area contributed by atoms with Gasteiger partial charge >= 0.3 is 5.97 Å². The predicted molar refractivity (Wildman–Crippen MR) is 118 cm³/mol. The number of fused-ring (bicyclic) bond motifs is 1. The molecule has 1 aliphatic heterocycles. The number of benzene rings is 2. The molecule has 1 N–H and O–H groups in total. The molecule has 0 bridgehead atoms. The highest BCUT2D eigenvalue weighted by molar-refractivity contribution is 7.17. The van der Waals surface area contributed by atoms with Gasteiger partial charge in [0.05, 0.1) is 5.69 Å². The third kappa shape index (κ3) is 4.81. The highest BCUT2D eigenvalue weighted by Gasteiger charge is 2.24. The minimum absolute atomic E-state index is 0.351. The summed E-state index contributed by atoms with van der Waals surface area (Å²) in [6, 6.07) is 12.3. The largest absolute Gasteiger partial charge is 0.486 e. The van der Waals surface area contributed by atoms with Crippen molar-refractivity contribution in [1.29, 1.82) is 0 Å². The van der Waals surface area contributed by atoms with Crippen molar-refractivity contribution in [2.45, 2.75) is 20.0 Å². The summed E-state index contributed by atoms with van der Waals surface area (Å²) in [7, 11) is 0. The van der Waals surface area contributed by atoms with E-state index in [-0.39, 0.29) is 0 Å². The van der Waals surface area contributed by atoms with Gasteiger partial charge in [0.1, 0.15) is 23.1 Å². The molecule has 0 spiro atoms. The zero-order valence-corrected chi connectivity index (χ0v) is 18.4. The monoisotopic (exact) mass is 458 g/mol. The van der Waals surface area contributed by atoms with Crippen LogP contribution >= 0.6 is 22.9 Å².